The van der Waals surface area contributed by atoms with E-state index in [0.29, 0.717) is 24.6 Å². The van der Waals surface area contributed by atoms with Gasteiger partial charge in [-0.3, -0.25) is 0 Å². The number of nitrogens with zero attached hydrogens (tertiary/aromatic N) is 1. The molecule has 0 aromatic rings. The van der Waals surface area contributed by atoms with Crippen LogP contribution in [0.5, 0.6) is 0 Å². The van der Waals surface area contributed by atoms with E-state index in [2.05, 4.69) is 10.6 Å². The number of rotatable bonds is 6. The summed E-state index contributed by atoms with van der Waals surface area (Å²) >= 11 is 5.30. The van der Waals surface area contributed by atoms with Crippen molar-refractivity contribution in [2.45, 2.75) is 51.2 Å². The minimum absolute atomic E-state index is 0.243. The van der Waals surface area contributed by atoms with E-state index in [0.717, 1.165) is 38.8 Å². The number of ether oxygens (including phenoxy) is 1. The number of nitrogens with one attached hydrogen (secondary N) is 2. The molecule has 2 rings (SSSR count). The van der Waals surface area contributed by atoms with Crippen molar-refractivity contribution in [3.63, 3.8) is 0 Å². The number of hydrogen-bond donors (Lipinski definition) is 2. The van der Waals surface area contributed by atoms with Crippen LogP contribution in [0.3, 0.4) is 0 Å². The van der Waals surface area contributed by atoms with Gasteiger partial charge in [0.15, 0.2) is 5.11 Å². The largest absolute Gasteiger partial charge is 0.376 e. The van der Waals surface area contributed by atoms with Crippen molar-refractivity contribution < 1.29 is 13.2 Å². The Hall–Kier alpha value is -0.440. The van der Waals surface area contributed by atoms with Gasteiger partial charge in [0.25, 0.3) is 0 Å². The van der Waals surface area contributed by atoms with Gasteiger partial charge in [0.2, 0.25) is 10.0 Å². The lowest BCUT2D eigenvalue weighted by Gasteiger charge is -2.32. The molecule has 1 atom stereocenters. The third-order valence-electron chi connectivity index (χ3n) is 4.16. The topological polar surface area (TPSA) is 70.7 Å². The molecule has 2 saturated heterocycles. The van der Waals surface area contributed by atoms with Gasteiger partial charge < -0.3 is 15.4 Å². The minimum Gasteiger partial charge on any atom is -0.376 e. The van der Waals surface area contributed by atoms with E-state index in [4.69, 9.17) is 17.0 Å². The summed E-state index contributed by atoms with van der Waals surface area (Å²) in [5.41, 5.74) is 0. The molecule has 6 nitrogen and oxygen atoms in total. The summed E-state index contributed by atoms with van der Waals surface area (Å²) in [7, 11) is -3.07. The molecule has 128 valence electrons. The minimum atomic E-state index is -3.07. The van der Waals surface area contributed by atoms with Crippen LogP contribution >= 0.6 is 12.2 Å². The average molecular weight is 350 g/mol. The van der Waals surface area contributed by atoms with Crippen LogP contribution in [0.25, 0.3) is 0 Å². The lowest BCUT2D eigenvalue weighted by atomic mass is 10.1. The van der Waals surface area contributed by atoms with Gasteiger partial charge in [-0.1, -0.05) is 6.92 Å². The Kier molecular flexibility index (Phi) is 6.86. The highest BCUT2D eigenvalue weighted by Crippen LogP contribution is 2.15. The molecule has 2 aliphatic rings. The zero-order valence-electron chi connectivity index (χ0n) is 13.2. The maximum atomic E-state index is 12.0. The summed E-state index contributed by atoms with van der Waals surface area (Å²) < 4.78 is 31.2. The predicted octanol–water partition coefficient (Wildman–Crippen LogP) is 0.834. The SMILES string of the molecule is CCCS(=O)(=O)N1CCC(NC(=S)NCC2CCCO2)CC1. The molecule has 2 fully saturated rings. The highest BCUT2D eigenvalue weighted by molar-refractivity contribution is 7.89. The molecule has 0 aliphatic carbocycles. The maximum absolute atomic E-state index is 12.0. The second-order valence-electron chi connectivity index (χ2n) is 5.98. The van der Waals surface area contributed by atoms with Gasteiger partial charge in [-0.05, 0) is 44.3 Å². The normalized spacial score (nSPS) is 24.3. The second kappa shape index (κ2) is 8.42. The summed E-state index contributed by atoms with van der Waals surface area (Å²) in [5.74, 6) is 0.243. The van der Waals surface area contributed by atoms with Gasteiger partial charge >= 0.3 is 0 Å². The van der Waals surface area contributed by atoms with Crippen LogP contribution in [0.2, 0.25) is 0 Å². The van der Waals surface area contributed by atoms with E-state index in [1.54, 1.807) is 4.31 Å². The Morgan fingerprint density at radius 3 is 2.64 bits per heavy atom. The zero-order valence-corrected chi connectivity index (χ0v) is 14.8. The Morgan fingerprint density at radius 2 is 2.05 bits per heavy atom. The molecular weight excluding hydrogens is 322 g/mol. The molecule has 0 aromatic carbocycles. The van der Waals surface area contributed by atoms with E-state index in [1.807, 2.05) is 6.92 Å². The van der Waals surface area contributed by atoms with Gasteiger partial charge in [-0.15, -0.1) is 0 Å². The molecule has 2 aliphatic heterocycles. The van der Waals surface area contributed by atoms with Gasteiger partial charge in [-0.2, -0.15) is 0 Å². The molecular formula is C14H27N3O3S2. The number of sulfonamides is 1. The van der Waals surface area contributed by atoms with Gasteiger partial charge in [0.1, 0.15) is 0 Å². The fraction of sp³-hybridized carbons (Fsp3) is 0.929. The van der Waals surface area contributed by atoms with E-state index in [9.17, 15) is 8.42 Å². The molecule has 0 saturated carbocycles. The van der Waals surface area contributed by atoms with Crippen LogP contribution in [-0.2, 0) is 14.8 Å². The predicted molar refractivity (Wildman–Crippen MR) is 91.4 cm³/mol. The summed E-state index contributed by atoms with van der Waals surface area (Å²) in [6, 6.07) is 0.248. The zero-order chi connectivity index (χ0) is 16.0. The van der Waals surface area contributed by atoms with Crippen molar-refractivity contribution in [3.8, 4) is 0 Å². The quantitative estimate of drug-likeness (QED) is 0.693. The first kappa shape index (κ1) is 17.9. The molecule has 0 radical (unpaired) electrons. The smallest absolute Gasteiger partial charge is 0.214 e. The highest BCUT2D eigenvalue weighted by atomic mass is 32.2. The third kappa shape index (κ3) is 5.33. The standard InChI is InChI=1S/C14H27N3O3S2/c1-2-10-22(18,19)17-7-5-12(6-8-17)16-14(21)15-11-13-4-3-9-20-13/h12-13H,2-11H2,1H3,(H2,15,16,21). The Bertz CT molecular complexity index is 456. The number of hydrogen-bond acceptors (Lipinski definition) is 4. The highest BCUT2D eigenvalue weighted by Gasteiger charge is 2.27. The molecule has 8 heteroatoms. The van der Waals surface area contributed by atoms with Crippen LogP contribution in [0.15, 0.2) is 0 Å². The van der Waals surface area contributed by atoms with Crippen molar-refractivity contribution in [2.24, 2.45) is 0 Å². The van der Waals surface area contributed by atoms with Gasteiger partial charge in [0, 0.05) is 32.3 Å². The van der Waals surface area contributed by atoms with Crippen LogP contribution in [0.4, 0.5) is 0 Å². The van der Waals surface area contributed by atoms with E-state index < -0.39 is 10.0 Å². The first-order valence-electron chi connectivity index (χ1n) is 8.15. The average Bonchev–Trinajstić information content (AvgIpc) is 2.99. The van der Waals surface area contributed by atoms with Crippen molar-refractivity contribution in [3.05, 3.63) is 0 Å². The fourth-order valence-corrected chi connectivity index (χ4v) is 4.70. The molecule has 1 unspecified atom stereocenters. The molecule has 2 N–H and O–H groups in total. The van der Waals surface area contributed by atoms with Gasteiger partial charge in [0.05, 0.1) is 11.9 Å². The monoisotopic (exact) mass is 349 g/mol. The lowest BCUT2D eigenvalue weighted by Crippen LogP contribution is -2.50. The summed E-state index contributed by atoms with van der Waals surface area (Å²) in [4.78, 5) is 0. The van der Waals surface area contributed by atoms with Crippen molar-refractivity contribution in [1.29, 1.82) is 0 Å². The van der Waals surface area contributed by atoms with Crippen molar-refractivity contribution in [1.82, 2.24) is 14.9 Å². The van der Waals surface area contributed by atoms with Crippen molar-refractivity contribution in [2.75, 3.05) is 32.0 Å². The number of piperidine rings is 1. The molecule has 0 aromatic heterocycles. The fourth-order valence-electron chi connectivity index (χ4n) is 2.91. The molecule has 0 spiro atoms. The Balaban J connectivity index is 1.67. The molecule has 0 amide bonds. The van der Waals surface area contributed by atoms with Gasteiger partial charge in [-0.25, -0.2) is 12.7 Å². The Labute approximate surface area is 139 Å². The first-order valence-corrected chi connectivity index (χ1v) is 10.2. The van der Waals surface area contributed by atoms with Crippen LogP contribution in [0.1, 0.15) is 39.0 Å². The second-order valence-corrected chi connectivity index (χ2v) is 8.48. The summed E-state index contributed by atoms with van der Waals surface area (Å²) in [5, 5.41) is 7.13. The summed E-state index contributed by atoms with van der Waals surface area (Å²) in [6.07, 6.45) is 4.73. The third-order valence-corrected chi connectivity index (χ3v) is 6.50. The van der Waals surface area contributed by atoms with E-state index in [1.165, 1.54) is 0 Å². The molecule has 0 bridgehead atoms. The molecule has 22 heavy (non-hydrogen) atoms. The van der Waals surface area contributed by atoms with Crippen LogP contribution < -0.4 is 10.6 Å². The van der Waals surface area contributed by atoms with Crippen LogP contribution in [0, 0.1) is 0 Å². The lowest BCUT2D eigenvalue weighted by molar-refractivity contribution is 0.114. The number of thiocarbonyl (C=S) groups is 1. The van der Waals surface area contributed by atoms with Crippen LogP contribution in [-0.4, -0.2) is 62.0 Å². The molecule has 2 heterocycles. The maximum Gasteiger partial charge on any atom is 0.214 e. The Morgan fingerprint density at radius 1 is 1.32 bits per heavy atom. The van der Waals surface area contributed by atoms with Crippen molar-refractivity contribution >= 4 is 27.4 Å². The first-order chi connectivity index (χ1) is 10.5. The van der Waals surface area contributed by atoms with E-state index in [-0.39, 0.29) is 17.9 Å². The van der Waals surface area contributed by atoms with E-state index >= 15 is 0 Å². The summed E-state index contributed by atoms with van der Waals surface area (Å²) in [6.45, 7) is 4.64.